The van der Waals surface area contributed by atoms with Gasteiger partial charge in [0.1, 0.15) is 28.7 Å². The number of aromatic nitrogens is 4. The van der Waals surface area contributed by atoms with Crippen molar-refractivity contribution in [2.24, 2.45) is 0 Å². The fraction of sp³-hybridized carbons (Fsp3) is 0.412. The molecule has 2 amide bonds. The zero-order valence-electron chi connectivity index (χ0n) is 17.3. The average Bonchev–Trinajstić information content (AvgIpc) is 3.38. The molecule has 2 aromatic heterocycles. The Labute approximate surface area is 200 Å². The second-order valence-corrected chi connectivity index (χ2v) is 12.6. The highest BCUT2D eigenvalue weighted by Gasteiger charge is 2.54. The Balaban J connectivity index is 1.44. The maximum Gasteiger partial charge on any atom is 0.352 e. The van der Waals surface area contributed by atoms with Crippen molar-refractivity contribution in [3.8, 4) is 0 Å². The van der Waals surface area contributed by atoms with Gasteiger partial charge in [0.15, 0.2) is 4.34 Å². The van der Waals surface area contributed by atoms with Crippen molar-refractivity contribution in [3.63, 3.8) is 0 Å². The van der Waals surface area contributed by atoms with Crippen molar-refractivity contribution >= 4 is 62.5 Å². The number of β-lactam (4-membered cyclic amide) rings is 1. The largest absolute Gasteiger partial charge is 0.477 e. The normalized spacial score (nSPS) is 20.4. The van der Waals surface area contributed by atoms with E-state index in [2.05, 4.69) is 20.5 Å². The fourth-order valence-electron chi connectivity index (χ4n) is 3.40. The van der Waals surface area contributed by atoms with Gasteiger partial charge in [0.05, 0.1) is 0 Å². The molecule has 1 saturated heterocycles. The molecule has 12 nitrogen and oxygen atoms in total. The Morgan fingerprint density at radius 2 is 2.12 bits per heavy atom. The van der Waals surface area contributed by atoms with Gasteiger partial charge in [0, 0.05) is 30.2 Å². The van der Waals surface area contributed by atoms with Crippen LogP contribution < -0.4 is 5.32 Å². The van der Waals surface area contributed by atoms with Gasteiger partial charge in [-0.2, -0.15) is 0 Å². The number of aliphatic carboxylic acids is 1. The predicted molar refractivity (Wildman–Crippen MR) is 120 cm³/mol. The molecule has 16 heteroatoms. The number of fused-ring (bicyclic) bond motifs is 1. The number of sulfone groups is 1. The van der Waals surface area contributed by atoms with Gasteiger partial charge in [-0.3, -0.25) is 14.5 Å². The molecule has 2 aliphatic heterocycles. The van der Waals surface area contributed by atoms with E-state index in [1.54, 1.807) is 0 Å². The number of carboxylic acids is 1. The van der Waals surface area contributed by atoms with Gasteiger partial charge in [0.25, 0.3) is 5.91 Å². The number of hydrogen-bond donors (Lipinski definition) is 2. The average molecular weight is 531 g/mol. The predicted octanol–water partition coefficient (Wildman–Crippen LogP) is -0.0226. The standard InChI is InChI=1S/C17H18N6O6S4/c1-8-20-21-17(32-8)31-7-9-6-30-14-11(13(25)23(14)12(9)15(26)27)19-10(24)5-22-4-3-18-16(22)33(2,28)29/h3-4,11,14H,5-7H2,1-2H3,(H,19,24)(H,26,27). The lowest BCUT2D eigenvalue weighted by Gasteiger charge is -2.49. The molecule has 0 bridgehead atoms. The summed E-state index contributed by atoms with van der Waals surface area (Å²) in [6.45, 7) is 1.49. The van der Waals surface area contributed by atoms with E-state index in [0.29, 0.717) is 21.4 Å². The first-order valence-corrected chi connectivity index (χ1v) is 14.1. The number of carbonyl (C=O) groups excluding carboxylic acids is 2. The van der Waals surface area contributed by atoms with Crippen LogP contribution in [0.4, 0.5) is 0 Å². The number of imidazole rings is 1. The molecule has 176 valence electrons. The molecule has 2 atom stereocenters. The first-order chi connectivity index (χ1) is 15.6. The Morgan fingerprint density at radius 3 is 2.76 bits per heavy atom. The molecule has 0 aliphatic carbocycles. The molecule has 33 heavy (non-hydrogen) atoms. The molecular formula is C17H18N6O6S4. The number of nitrogens with one attached hydrogen (secondary N) is 1. The topological polar surface area (TPSA) is 164 Å². The summed E-state index contributed by atoms with van der Waals surface area (Å²) in [4.78, 5) is 42.1. The van der Waals surface area contributed by atoms with Crippen LogP contribution in [0.2, 0.25) is 0 Å². The Kier molecular flexibility index (Phi) is 6.52. The Bertz CT molecular complexity index is 1270. The quantitative estimate of drug-likeness (QED) is 0.348. The third-order valence-electron chi connectivity index (χ3n) is 4.77. The molecular weight excluding hydrogens is 512 g/mol. The van der Waals surface area contributed by atoms with Crippen LogP contribution in [0.1, 0.15) is 5.01 Å². The molecule has 2 aliphatic rings. The lowest BCUT2D eigenvalue weighted by molar-refractivity contribution is -0.150. The molecule has 2 unspecified atom stereocenters. The molecule has 0 saturated carbocycles. The zero-order chi connectivity index (χ0) is 23.9. The smallest absolute Gasteiger partial charge is 0.352 e. The lowest BCUT2D eigenvalue weighted by Crippen LogP contribution is -2.70. The van der Waals surface area contributed by atoms with Gasteiger partial charge in [-0.15, -0.1) is 22.0 Å². The summed E-state index contributed by atoms with van der Waals surface area (Å²) in [5, 5.41) is 20.3. The SMILES string of the molecule is Cc1nnc(SCC2=C(C(=O)O)N3C(=O)C(NC(=O)Cn4ccnc4S(C)(=O)=O)C3SC2)s1. The van der Waals surface area contributed by atoms with Crippen LogP contribution in [0.25, 0.3) is 0 Å². The molecule has 0 aromatic carbocycles. The minimum atomic E-state index is -3.62. The highest BCUT2D eigenvalue weighted by molar-refractivity contribution is 8.01. The summed E-state index contributed by atoms with van der Waals surface area (Å²) >= 11 is 4.12. The highest BCUT2D eigenvalue weighted by atomic mass is 32.2. The number of nitrogens with zero attached hydrogens (tertiary/aromatic N) is 5. The van der Waals surface area contributed by atoms with Crippen LogP contribution in [0, 0.1) is 6.92 Å². The van der Waals surface area contributed by atoms with E-state index in [-0.39, 0.29) is 17.4 Å². The number of hydrogen-bond acceptors (Lipinski definition) is 11. The van der Waals surface area contributed by atoms with Crippen molar-refractivity contribution in [2.45, 2.75) is 34.4 Å². The van der Waals surface area contributed by atoms with Crippen LogP contribution in [0.3, 0.4) is 0 Å². The van der Waals surface area contributed by atoms with Gasteiger partial charge < -0.3 is 15.0 Å². The Morgan fingerprint density at radius 1 is 1.36 bits per heavy atom. The number of amides is 2. The number of carboxylic acid groups (broad SMARTS) is 1. The van der Waals surface area contributed by atoms with Crippen LogP contribution >= 0.6 is 34.9 Å². The monoisotopic (exact) mass is 530 g/mol. The van der Waals surface area contributed by atoms with Crippen molar-refractivity contribution in [3.05, 3.63) is 28.7 Å². The lowest BCUT2D eigenvalue weighted by atomic mass is 10.0. The van der Waals surface area contributed by atoms with Crippen LogP contribution in [-0.2, 0) is 30.8 Å². The van der Waals surface area contributed by atoms with E-state index in [4.69, 9.17) is 0 Å². The number of thioether (sulfide) groups is 2. The van der Waals surface area contributed by atoms with Gasteiger partial charge >= 0.3 is 5.97 Å². The van der Waals surface area contributed by atoms with Crippen molar-refractivity contribution in [2.75, 3.05) is 17.8 Å². The van der Waals surface area contributed by atoms with Crippen LogP contribution in [-0.4, -0.2) is 85.1 Å². The summed E-state index contributed by atoms with van der Waals surface area (Å²) in [6, 6.07) is -0.901. The van der Waals surface area contributed by atoms with Gasteiger partial charge in [-0.25, -0.2) is 18.2 Å². The van der Waals surface area contributed by atoms with Crippen LogP contribution in [0.5, 0.6) is 0 Å². The Hall–Kier alpha value is -2.43. The van der Waals surface area contributed by atoms with E-state index in [1.165, 1.54) is 56.7 Å². The summed E-state index contributed by atoms with van der Waals surface area (Å²) in [6.07, 6.45) is 3.61. The maximum absolute atomic E-state index is 12.8. The highest BCUT2D eigenvalue weighted by Crippen LogP contribution is 2.41. The number of aryl methyl sites for hydroxylation is 1. The summed E-state index contributed by atoms with van der Waals surface area (Å²) in [5.74, 6) is -1.58. The summed E-state index contributed by atoms with van der Waals surface area (Å²) < 4.78 is 25.4. The fourth-order valence-corrected chi connectivity index (χ4v) is 7.50. The third-order valence-corrected chi connectivity index (χ3v) is 9.17. The van der Waals surface area contributed by atoms with E-state index >= 15 is 0 Å². The molecule has 0 radical (unpaired) electrons. The zero-order valence-corrected chi connectivity index (χ0v) is 20.6. The van der Waals surface area contributed by atoms with Gasteiger partial charge in [0.2, 0.25) is 20.9 Å². The second-order valence-electron chi connectivity index (χ2n) is 7.20. The van der Waals surface area contributed by atoms with E-state index in [9.17, 15) is 27.9 Å². The van der Waals surface area contributed by atoms with Crippen molar-refractivity contribution < 1.29 is 27.9 Å². The molecule has 4 heterocycles. The van der Waals surface area contributed by atoms with Crippen molar-refractivity contribution in [1.29, 1.82) is 0 Å². The van der Waals surface area contributed by atoms with Gasteiger partial charge in [-0.05, 0) is 12.5 Å². The first-order valence-electron chi connectivity index (χ1n) is 9.39. The minimum absolute atomic E-state index is 0.0723. The summed E-state index contributed by atoms with van der Waals surface area (Å²) in [7, 11) is -3.62. The third kappa shape index (κ3) is 4.78. The number of rotatable bonds is 8. The van der Waals surface area contributed by atoms with Crippen molar-refractivity contribution in [1.82, 2.24) is 30.0 Å². The molecule has 2 N–H and O–H groups in total. The number of carbonyl (C=O) groups is 3. The second kappa shape index (κ2) is 9.08. The first kappa shape index (κ1) is 23.7. The molecule has 0 spiro atoms. The van der Waals surface area contributed by atoms with E-state index in [1.807, 2.05) is 6.92 Å². The molecule has 4 rings (SSSR count). The van der Waals surface area contributed by atoms with Gasteiger partial charge in [-0.1, -0.05) is 23.1 Å². The van der Waals surface area contributed by atoms with Crippen LogP contribution in [0.15, 0.2) is 33.2 Å². The molecule has 1 fully saturated rings. The molecule has 2 aromatic rings. The van der Waals surface area contributed by atoms with E-state index in [0.717, 1.165) is 11.3 Å². The summed E-state index contributed by atoms with van der Waals surface area (Å²) in [5.41, 5.74) is 0.521. The van der Waals surface area contributed by atoms with E-state index < -0.39 is 39.0 Å². The minimum Gasteiger partial charge on any atom is -0.477 e. The maximum atomic E-state index is 12.8.